The number of hydrogen-bond acceptors (Lipinski definition) is 5. The molecule has 1 aromatic heterocycles. The van der Waals surface area contributed by atoms with Gasteiger partial charge in [0.05, 0.1) is 12.0 Å². The molecule has 0 aliphatic carbocycles. The lowest BCUT2D eigenvalue weighted by molar-refractivity contribution is 0.101. The second-order valence-electron chi connectivity index (χ2n) is 8.99. The Hall–Kier alpha value is -2.63. The number of benzene rings is 2. The van der Waals surface area contributed by atoms with Crippen molar-refractivity contribution in [2.45, 2.75) is 59.8 Å². The molecule has 0 radical (unpaired) electrons. The number of hydrogen-bond donors (Lipinski definition) is 0. The Morgan fingerprint density at radius 2 is 1.51 bits per heavy atom. The van der Waals surface area contributed by atoms with Crippen LogP contribution in [0.15, 0.2) is 51.7 Å². The van der Waals surface area contributed by atoms with E-state index in [-0.39, 0.29) is 29.4 Å². The van der Waals surface area contributed by atoms with Crippen molar-refractivity contribution >= 4 is 29.2 Å². The van der Waals surface area contributed by atoms with Crippen LogP contribution < -0.4 is 10.2 Å². The minimum Gasteiger partial charge on any atom is -0.493 e. The molecule has 0 aliphatic heterocycles. The molecule has 1 heterocycles. The number of ketones is 1. The van der Waals surface area contributed by atoms with Crippen molar-refractivity contribution in [1.82, 2.24) is 4.90 Å². The monoisotopic (exact) mass is 499 g/mol. The normalized spacial score (nSPS) is 11.0. The summed E-state index contributed by atoms with van der Waals surface area (Å²) in [6, 6.07) is 11.9. The molecule has 0 aliphatic rings. The molecule has 3 aromatic rings. The summed E-state index contributed by atoms with van der Waals surface area (Å²) >= 11 is 0. The Balaban J connectivity index is 0.00000432. The van der Waals surface area contributed by atoms with Crippen LogP contribution in [-0.2, 0) is 0 Å². The Labute approximate surface area is 214 Å². The van der Waals surface area contributed by atoms with E-state index in [1.165, 1.54) is 31.7 Å². The van der Waals surface area contributed by atoms with Gasteiger partial charge in [-0.3, -0.25) is 9.59 Å². The van der Waals surface area contributed by atoms with Crippen molar-refractivity contribution in [3.63, 3.8) is 0 Å². The van der Waals surface area contributed by atoms with Gasteiger partial charge in [-0.1, -0.05) is 38.8 Å². The van der Waals surface area contributed by atoms with Crippen molar-refractivity contribution in [1.29, 1.82) is 0 Å². The number of fused-ring (bicyclic) bond motifs is 1. The van der Waals surface area contributed by atoms with Gasteiger partial charge in [0.2, 0.25) is 5.78 Å². The minimum atomic E-state index is -0.303. The Morgan fingerprint density at radius 3 is 2.14 bits per heavy atom. The molecule has 2 aromatic carbocycles. The van der Waals surface area contributed by atoms with Crippen molar-refractivity contribution in [3.8, 4) is 5.75 Å². The highest BCUT2D eigenvalue weighted by Crippen LogP contribution is 2.26. The van der Waals surface area contributed by atoms with Gasteiger partial charge in [-0.2, -0.15) is 0 Å². The number of rotatable bonds is 13. The average molecular weight is 500 g/mol. The van der Waals surface area contributed by atoms with E-state index in [0.717, 1.165) is 42.9 Å². The van der Waals surface area contributed by atoms with Crippen LogP contribution in [0.1, 0.15) is 73.2 Å². The summed E-state index contributed by atoms with van der Waals surface area (Å²) in [5.41, 5.74) is 2.50. The quantitative estimate of drug-likeness (QED) is 0.192. The van der Waals surface area contributed by atoms with Crippen LogP contribution in [-0.4, -0.2) is 36.9 Å². The predicted molar refractivity (Wildman–Crippen MR) is 145 cm³/mol. The SMILES string of the molecule is CCCCN(CCCC)CCCOc1c(C)cc(C(=O)c2cc(=O)c3ccccc3o2)cc1C.Cl. The number of aryl methyl sites for hydroxylation is 2. The van der Waals surface area contributed by atoms with Crippen molar-refractivity contribution in [2.24, 2.45) is 0 Å². The maximum absolute atomic E-state index is 13.1. The van der Waals surface area contributed by atoms with Gasteiger partial charge in [-0.25, -0.2) is 0 Å². The van der Waals surface area contributed by atoms with Gasteiger partial charge in [-0.15, -0.1) is 12.4 Å². The molecule has 0 N–H and O–H groups in total. The van der Waals surface area contributed by atoms with Crippen LogP contribution in [0.5, 0.6) is 5.75 Å². The van der Waals surface area contributed by atoms with Gasteiger partial charge >= 0.3 is 0 Å². The summed E-state index contributed by atoms with van der Waals surface area (Å²) in [4.78, 5) is 28.0. The van der Waals surface area contributed by atoms with Gasteiger partial charge < -0.3 is 14.1 Å². The maximum atomic E-state index is 13.1. The molecular formula is C29H38ClNO4. The Morgan fingerprint density at radius 1 is 0.914 bits per heavy atom. The molecule has 0 atom stereocenters. The number of halogens is 1. The van der Waals surface area contributed by atoms with Gasteiger partial charge in [0.1, 0.15) is 11.3 Å². The molecule has 0 spiro atoms. The topological polar surface area (TPSA) is 59.8 Å². The first-order valence-electron chi connectivity index (χ1n) is 12.5. The number of unbranched alkanes of at least 4 members (excludes halogenated alkanes) is 2. The van der Waals surface area contributed by atoms with Crippen molar-refractivity contribution in [2.75, 3.05) is 26.2 Å². The molecule has 3 rings (SSSR count). The zero-order valence-corrected chi connectivity index (χ0v) is 22.2. The van der Waals surface area contributed by atoms with Crippen LogP contribution in [0, 0.1) is 13.8 Å². The Bertz CT molecular complexity index is 1140. The molecule has 5 nitrogen and oxygen atoms in total. The van der Waals surface area contributed by atoms with E-state index >= 15 is 0 Å². The number of nitrogens with zero attached hydrogens (tertiary/aromatic N) is 1. The van der Waals surface area contributed by atoms with E-state index in [9.17, 15) is 9.59 Å². The molecular weight excluding hydrogens is 462 g/mol. The second kappa shape index (κ2) is 14.1. The van der Waals surface area contributed by atoms with Crippen LogP contribution >= 0.6 is 12.4 Å². The predicted octanol–water partition coefficient (Wildman–Crippen LogP) is 6.73. The fraction of sp³-hybridized carbons (Fsp3) is 0.448. The van der Waals surface area contributed by atoms with Crippen LogP contribution in [0.4, 0.5) is 0 Å². The lowest BCUT2D eigenvalue weighted by Gasteiger charge is -2.22. The van der Waals surface area contributed by atoms with Crippen molar-refractivity contribution < 1.29 is 13.9 Å². The van der Waals surface area contributed by atoms with Gasteiger partial charge in [0, 0.05) is 18.2 Å². The molecule has 35 heavy (non-hydrogen) atoms. The van der Waals surface area contributed by atoms with Gasteiger partial charge in [-0.05, 0) is 81.6 Å². The highest BCUT2D eigenvalue weighted by molar-refractivity contribution is 6.08. The summed E-state index contributed by atoms with van der Waals surface area (Å²) in [5.74, 6) is 0.573. The fourth-order valence-electron chi connectivity index (χ4n) is 4.23. The summed E-state index contributed by atoms with van der Waals surface area (Å²) in [5, 5.41) is 0.470. The highest BCUT2D eigenvalue weighted by Gasteiger charge is 2.17. The molecule has 0 amide bonds. The summed E-state index contributed by atoms with van der Waals surface area (Å²) in [7, 11) is 0. The van der Waals surface area contributed by atoms with Crippen molar-refractivity contribution in [3.05, 3.63) is 75.1 Å². The van der Waals surface area contributed by atoms with E-state index < -0.39 is 0 Å². The largest absolute Gasteiger partial charge is 0.493 e. The number of ether oxygens (including phenoxy) is 1. The molecule has 0 bridgehead atoms. The smallest absolute Gasteiger partial charge is 0.228 e. The lowest BCUT2D eigenvalue weighted by atomic mass is 10.0. The third-order valence-electron chi connectivity index (χ3n) is 6.10. The zero-order valence-electron chi connectivity index (χ0n) is 21.4. The number of para-hydroxylation sites is 1. The number of carbonyl (C=O) groups excluding carboxylic acids is 1. The highest BCUT2D eigenvalue weighted by atomic mass is 35.5. The molecule has 0 saturated heterocycles. The van der Waals surface area contributed by atoms with Crippen LogP contribution in [0.25, 0.3) is 11.0 Å². The first-order chi connectivity index (χ1) is 16.4. The molecule has 6 heteroatoms. The van der Waals surface area contributed by atoms with E-state index in [1.54, 1.807) is 24.3 Å². The van der Waals surface area contributed by atoms with Crippen LogP contribution in [0.2, 0.25) is 0 Å². The summed E-state index contributed by atoms with van der Waals surface area (Å²) in [6.07, 6.45) is 5.86. The molecule has 0 fully saturated rings. The molecule has 190 valence electrons. The third kappa shape index (κ3) is 7.68. The summed E-state index contributed by atoms with van der Waals surface area (Å²) in [6.45, 7) is 12.3. The molecule has 0 unspecified atom stereocenters. The van der Waals surface area contributed by atoms with E-state index in [4.69, 9.17) is 9.15 Å². The Kier molecular flexibility index (Phi) is 11.5. The standard InChI is InChI=1S/C29H37NO4.ClH/c1-5-7-14-30(15-8-6-2)16-11-17-33-29-21(3)18-23(19-22(29)4)28(32)27-20-25(31)24-12-9-10-13-26(24)34-27;/h9-10,12-13,18-20H,5-8,11,14-17H2,1-4H3;1H. The average Bonchev–Trinajstić information content (AvgIpc) is 2.83. The fourth-order valence-corrected chi connectivity index (χ4v) is 4.23. The minimum absolute atomic E-state index is 0. The number of carbonyl (C=O) groups is 1. The first-order valence-corrected chi connectivity index (χ1v) is 12.5. The van der Waals surface area contributed by atoms with Gasteiger partial charge in [0.25, 0.3) is 0 Å². The van der Waals surface area contributed by atoms with E-state index in [0.29, 0.717) is 23.1 Å². The zero-order chi connectivity index (χ0) is 24.5. The van der Waals surface area contributed by atoms with Crippen LogP contribution in [0.3, 0.4) is 0 Å². The maximum Gasteiger partial charge on any atom is 0.228 e. The van der Waals surface area contributed by atoms with E-state index in [1.807, 2.05) is 26.0 Å². The molecule has 0 saturated carbocycles. The second-order valence-corrected chi connectivity index (χ2v) is 8.99. The lowest BCUT2D eigenvalue weighted by Crippen LogP contribution is -2.28. The summed E-state index contributed by atoms with van der Waals surface area (Å²) < 4.78 is 11.9. The first kappa shape index (κ1) is 28.6. The van der Waals surface area contributed by atoms with E-state index in [2.05, 4.69) is 18.7 Å². The third-order valence-corrected chi connectivity index (χ3v) is 6.10. The van der Waals surface area contributed by atoms with Gasteiger partial charge in [0.15, 0.2) is 11.2 Å².